The van der Waals surface area contributed by atoms with E-state index in [0.29, 0.717) is 6.54 Å². The third-order valence-electron chi connectivity index (χ3n) is 3.07. The molecule has 0 heterocycles. The number of hydrogen-bond donors (Lipinski definition) is 0. The zero-order valence-corrected chi connectivity index (χ0v) is 11.9. The van der Waals surface area contributed by atoms with Gasteiger partial charge in [-0.25, -0.2) is 0 Å². The standard InChI is InChI=1S/C17H16ClNO/c1-2-19(17(18)20)13-16-10-8-15(9-11-16)12-14-6-4-3-5-7-14/h2-11H,1,12-13H2. The molecule has 0 aliphatic carbocycles. The Kier molecular flexibility index (Phi) is 4.97. The van der Waals surface area contributed by atoms with Crippen LogP contribution in [0.25, 0.3) is 0 Å². The molecule has 1 amide bonds. The summed E-state index contributed by atoms with van der Waals surface area (Å²) in [6.45, 7) is 4.01. The van der Waals surface area contributed by atoms with Gasteiger partial charge in [-0.3, -0.25) is 4.79 Å². The van der Waals surface area contributed by atoms with E-state index < -0.39 is 5.37 Å². The fourth-order valence-electron chi connectivity index (χ4n) is 1.99. The minimum absolute atomic E-state index is 0.442. The van der Waals surface area contributed by atoms with E-state index in [1.807, 2.05) is 30.3 Å². The average Bonchev–Trinajstić information content (AvgIpc) is 2.47. The summed E-state index contributed by atoms with van der Waals surface area (Å²) in [5, 5.41) is -0.520. The second-order valence-electron chi connectivity index (χ2n) is 4.54. The molecule has 0 aliphatic rings. The third-order valence-corrected chi connectivity index (χ3v) is 3.29. The molecule has 0 spiro atoms. The maximum Gasteiger partial charge on any atom is 0.320 e. The van der Waals surface area contributed by atoms with Gasteiger partial charge in [0.25, 0.3) is 0 Å². The van der Waals surface area contributed by atoms with Gasteiger partial charge in [0.2, 0.25) is 0 Å². The second-order valence-corrected chi connectivity index (χ2v) is 4.87. The highest BCUT2D eigenvalue weighted by Crippen LogP contribution is 2.13. The van der Waals surface area contributed by atoms with Gasteiger partial charge in [-0.15, -0.1) is 0 Å². The van der Waals surface area contributed by atoms with Crippen LogP contribution in [0, 0.1) is 0 Å². The van der Waals surface area contributed by atoms with E-state index in [0.717, 1.165) is 12.0 Å². The summed E-state index contributed by atoms with van der Waals surface area (Å²) in [6.07, 6.45) is 2.34. The minimum atomic E-state index is -0.520. The zero-order valence-electron chi connectivity index (χ0n) is 11.1. The molecule has 0 radical (unpaired) electrons. The molecule has 0 atom stereocenters. The molecular weight excluding hydrogens is 270 g/mol. The first-order valence-electron chi connectivity index (χ1n) is 6.39. The Balaban J connectivity index is 2.03. The molecule has 0 bridgehead atoms. The molecular formula is C17H16ClNO. The molecule has 0 aromatic heterocycles. The van der Waals surface area contributed by atoms with Gasteiger partial charge in [0, 0.05) is 6.20 Å². The molecule has 0 N–H and O–H groups in total. The molecule has 20 heavy (non-hydrogen) atoms. The number of carbonyl (C=O) groups is 1. The first-order valence-corrected chi connectivity index (χ1v) is 6.77. The Morgan fingerprint density at radius 1 is 1.00 bits per heavy atom. The fourth-order valence-corrected chi connectivity index (χ4v) is 2.12. The van der Waals surface area contributed by atoms with Crippen molar-refractivity contribution in [3.8, 4) is 0 Å². The summed E-state index contributed by atoms with van der Waals surface area (Å²) in [5.74, 6) is 0. The Morgan fingerprint density at radius 2 is 1.55 bits per heavy atom. The third kappa shape index (κ3) is 3.97. The van der Waals surface area contributed by atoms with Crippen LogP contribution in [0.5, 0.6) is 0 Å². The molecule has 0 saturated heterocycles. The van der Waals surface area contributed by atoms with E-state index in [2.05, 4.69) is 30.8 Å². The highest BCUT2D eigenvalue weighted by molar-refractivity contribution is 6.62. The number of hydrogen-bond acceptors (Lipinski definition) is 1. The highest BCUT2D eigenvalue weighted by atomic mass is 35.5. The number of amides is 1. The van der Waals surface area contributed by atoms with E-state index >= 15 is 0 Å². The number of carbonyl (C=O) groups excluding carboxylic acids is 1. The van der Waals surface area contributed by atoms with Crippen molar-refractivity contribution >= 4 is 17.0 Å². The van der Waals surface area contributed by atoms with Crippen LogP contribution in [-0.2, 0) is 13.0 Å². The summed E-state index contributed by atoms with van der Waals surface area (Å²) in [7, 11) is 0. The van der Waals surface area contributed by atoms with Gasteiger partial charge in [0.1, 0.15) is 0 Å². The van der Waals surface area contributed by atoms with Gasteiger partial charge >= 0.3 is 5.37 Å². The fraction of sp³-hybridized carbons (Fsp3) is 0.118. The van der Waals surface area contributed by atoms with Crippen molar-refractivity contribution in [2.75, 3.05) is 0 Å². The predicted octanol–water partition coefficient (Wildman–Crippen LogP) is 4.58. The number of rotatable bonds is 5. The van der Waals surface area contributed by atoms with E-state index in [9.17, 15) is 4.79 Å². The first-order chi connectivity index (χ1) is 9.69. The van der Waals surface area contributed by atoms with Crippen molar-refractivity contribution < 1.29 is 4.79 Å². The first kappa shape index (κ1) is 14.4. The minimum Gasteiger partial charge on any atom is -0.302 e. The van der Waals surface area contributed by atoms with Crippen molar-refractivity contribution in [2.24, 2.45) is 0 Å². The molecule has 3 heteroatoms. The Morgan fingerprint density at radius 3 is 2.10 bits per heavy atom. The highest BCUT2D eigenvalue weighted by Gasteiger charge is 2.07. The van der Waals surface area contributed by atoms with Gasteiger partial charge in [-0.05, 0) is 34.7 Å². The van der Waals surface area contributed by atoms with E-state index in [1.54, 1.807) is 0 Å². The summed E-state index contributed by atoms with van der Waals surface area (Å²) >= 11 is 5.45. The Bertz CT molecular complexity index is 578. The topological polar surface area (TPSA) is 20.3 Å². The van der Waals surface area contributed by atoms with Crippen LogP contribution in [-0.4, -0.2) is 10.3 Å². The molecule has 0 saturated carbocycles. The lowest BCUT2D eigenvalue weighted by molar-refractivity contribution is 0.236. The van der Waals surface area contributed by atoms with Crippen molar-refractivity contribution in [1.29, 1.82) is 0 Å². The lowest BCUT2D eigenvalue weighted by Gasteiger charge is -2.14. The van der Waals surface area contributed by atoms with Crippen molar-refractivity contribution in [3.63, 3.8) is 0 Å². The summed E-state index contributed by atoms with van der Waals surface area (Å²) < 4.78 is 0. The maximum absolute atomic E-state index is 11.1. The second kappa shape index (κ2) is 6.92. The quantitative estimate of drug-likeness (QED) is 0.581. The van der Waals surface area contributed by atoms with Gasteiger partial charge in [-0.2, -0.15) is 0 Å². The van der Waals surface area contributed by atoms with Crippen LogP contribution < -0.4 is 0 Å². The Labute approximate surface area is 124 Å². The van der Waals surface area contributed by atoms with Gasteiger partial charge in [0.05, 0.1) is 6.54 Å². The van der Waals surface area contributed by atoms with Crippen LogP contribution in [0.4, 0.5) is 4.79 Å². The van der Waals surface area contributed by atoms with Crippen molar-refractivity contribution in [1.82, 2.24) is 4.90 Å². The summed E-state index contributed by atoms with van der Waals surface area (Å²) in [5.41, 5.74) is 3.54. The normalized spacial score (nSPS) is 10.1. The average molecular weight is 286 g/mol. The van der Waals surface area contributed by atoms with Gasteiger partial charge in [-0.1, -0.05) is 61.2 Å². The lowest BCUT2D eigenvalue weighted by Crippen LogP contribution is -2.18. The van der Waals surface area contributed by atoms with Crippen molar-refractivity contribution in [2.45, 2.75) is 13.0 Å². The zero-order chi connectivity index (χ0) is 14.4. The summed E-state index contributed by atoms with van der Waals surface area (Å²) in [6, 6.07) is 18.5. The smallest absolute Gasteiger partial charge is 0.302 e. The molecule has 2 aromatic carbocycles. The molecule has 2 nitrogen and oxygen atoms in total. The number of benzene rings is 2. The van der Waals surface area contributed by atoms with Crippen LogP contribution in [0.15, 0.2) is 67.4 Å². The van der Waals surface area contributed by atoms with Crippen molar-refractivity contribution in [3.05, 3.63) is 84.1 Å². The molecule has 2 rings (SSSR count). The van der Waals surface area contributed by atoms with Gasteiger partial charge < -0.3 is 4.90 Å². The van der Waals surface area contributed by atoms with E-state index in [1.165, 1.54) is 22.2 Å². The molecule has 102 valence electrons. The monoisotopic (exact) mass is 285 g/mol. The van der Waals surface area contributed by atoms with E-state index in [4.69, 9.17) is 11.6 Å². The summed E-state index contributed by atoms with van der Waals surface area (Å²) in [4.78, 5) is 12.5. The SMILES string of the molecule is C=CN(Cc1ccc(Cc2ccccc2)cc1)C(=O)Cl. The van der Waals surface area contributed by atoms with Crippen LogP contribution in [0.3, 0.4) is 0 Å². The number of nitrogens with zero attached hydrogens (tertiary/aromatic N) is 1. The molecule has 0 unspecified atom stereocenters. The molecule has 0 fully saturated rings. The van der Waals surface area contributed by atoms with E-state index in [-0.39, 0.29) is 0 Å². The van der Waals surface area contributed by atoms with Crippen LogP contribution >= 0.6 is 11.6 Å². The molecule has 0 aliphatic heterocycles. The maximum atomic E-state index is 11.1. The molecule has 2 aromatic rings. The van der Waals surface area contributed by atoms with Crippen LogP contribution in [0.1, 0.15) is 16.7 Å². The lowest BCUT2D eigenvalue weighted by atomic mass is 10.0. The predicted molar refractivity (Wildman–Crippen MR) is 82.7 cm³/mol. The Hall–Kier alpha value is -2.06. The van der Waals surface area contributed by atoms with Crippen LogP contribution in [0.2, 0.25) is 0 Å². The largest absolute Gasteiger partial charge is 0.320 e. The number of halogens is 1. The van der Waals surface area contributed by atoms with Gasteiger partial charge in [0.15, 0.2) is 0 Å².